The van der Waals surface area contributed by atoms with Gasteiger partial charge in [0.15, 0.2) is 0 Å². The highest BCUT2D eigenvalue weighted by Gasteiger charge is 2.16. The summed E-state index contributed by atoms with van der Waals surface area (Å²) in [4.78, 5) is 24.4. The molecule has 0 bridgehead atoms. The number of amides is 1. The van der Waals surface area contributed by atoms with Crippen LogP contribution in [0.5, 0.6) is 0 Å². The SMILES string of the molecule is CC=C(CCC(C)C)C(=O)N(C)CC(=O)OC. The summed E-state index contributed by atoms with van der Waals surface area (Å²) in [7, 11) is 2.92. The predicted octanol–water partition coefficient (Wildman–Crippen LogP) is 2.00. The molecule has 0 heterocycles. The summed E-state index contributed by atoms with van der Waals surface area (Å²) in [6, 6.07) is 0. The van der Waals surface area contributed by atoms with E-state index in [4.69, 9.17) is 0 Å². The summed E-state index contributed by atoms with van der Waals surface area (Å²) in [6.45, 7) is 6.08. The third-order valence-electron chi connectivity index (χ3n) is 2.55. The third-order valence-corrected chi connectivity index (χ3v) is 2.55. The van der Waals surface area contributed by atoms with E-state index in [0.29, 0.717) is 5.92 Å². The number of carbonyl (C=O) groups is 2. The lowest BCUT2D eigenvalue weighted by molar-refractivity contribution is -0.145. The van der Waals surface area contributed by atoms with Gasteiger partial charge in [0.05, 0.1) is 7.11 Å². The van der Waals surface area contributed by atoms with Crippen LogP contribution in [-0.2, 0) is 14.3 Å². The fraction of sp³-hybridized carbons (Fsp3) is 0.692. The average Bonchev–Trinajstić information content (AvgIpc) is 2.28. The first-order valence-electron chi connectivity index (χ1n) is 5.89. The number of hydrogen-bond acceptors (Lipinski definition) is 3. The highest BCUT2D eigenvalue weighted by molar-refractivity contribution is 5.94. The molecule has 0 radical (unpaired) electrons. The van der Waals surface area contributed by atoms with Gasteiger partial charge in [-0.25, -0.2) is 0 Å². The van der Waals surface area contributed by atoms with Crippen LogP contribution in [0, 0.1) is 5.92 Å². The lowest BCUT2D eigenvalue weighted by atomic mass is 10.0. The van der Waals surface area contributed by atoms with Crippen molar-refractivity contribution in [1.82, 2.24) is 4.90 Å². The van der Waals surface area contributed by atoms with Gasteiger partial charge in [-0.05, 0) is 25.7 Å². The zero-order valence-electron chi connectivity index (χ0n) is 11.4. The normalized spacial score (nSPS) is 11.5. The summed E-state index contributed by atoms with van der Waals surface area (Å²) in [5.41, 5.74) is 0.755. The minimum Gasteiger partial charge on any atom is -0.468 e. The fourth-order valence-electron chi connectivity index (χ4n) is 1.39. The first-order valence-corrected chi connectivity index (χ1v) is 5.89. The van der Waals surface area contributed by atoms with E-state index in [-0.39, 0.29) is 12.5 Å². The van der Waals surface area contributed by atoms with Crippen molar-refractivity contribution in [3.63, 3.8) is 0 Å². The van der Waals surface area contributed by atoms with Crippen molar-refractivity contribution in [2.45, 2.75) is 33.6 Å². The maximum absolute atomic E-state index is 12.0. The molecule has 0 spiro atoms. The molecule has 0 saturated heterocycles. The van der Waals surface area contributed by atoms with Crippen molar-refractivity contribution in [1.29, 1.82) is 0 Å². The van der Waals surface area contributed by atoms with Gasteiger partial charge in [-0.2, -0.15) is 0 Å². The van der Waals surface area contributed by atoms with E-state index in [2.05, 4.69) is 18.6 Å². The Morgan fingerprint density at radius 3 is 2.35 bits per heavy atom. The Labute approximate surface area is 104 Å². The molecule has 0 aromatic heterocycles. The molecular weight excluding hydrogens is 218 g/mol. The molecule has 0 aromatic rings. The number of carbonyl (C=O) groups excluding carboxylic acids is 2. The van der Waals surface area contributed by atoms with Crippen molar-refractivity contribution in [3.05, 3.63) is 11.6 Å². The van der Waals surface area contributed by atoms with E-state index in [1.165, 1.54) is 12.0 Å². The molecule has 0 rings (SSSR count). The van der Waals surface area contributed by atoms with Gasteiger partial charge in [0.25, 0.3) is 0 Å². The van der Waals surface area contributed by atoms with Crippen LogP contribution >= 0.6 is 0 Å². The standard InChI is InChI=1S/C13H23NO3/c1-6-11(8-7-10(2)3)13(16)14(4)9-12(15)17-5/h6,10H,7-9H2,1-5H3. The van der Waals surface area contributed by atoms with Gasteiger partial charge in [0, 0.05) is 12.6 Å². The molecule has 98 valence electrons. The second-order valence-electron chi connectivity index (χ2n) is 4.48. The van der Waals surface area contributed by atoms with Crippen molar-refractivity contribution < 1.29 is 14.3 Å². The number of esters is 1. The van der Waals surface area contributed by atoms with Crippen molar-refractivity contribution in [2.24, 2.45) is 5.92 Å². The molecule has 0 fully saturated rings. The Morgan fingerprint density at radius 1 is 1.35 bits per heavy atom. The molecule has 0 aromatic carbocycles. The Hall–Kier alpha value is -1.32. The summed E-state index contributed by atoms with van der Waals surface area (Å²) >= 11 is 0. The first kappa shape index (κ1) is 15.7. The van der Waals surface area contributed by atoms with Gasteiger partial charge in [0.1, 0.15) is 6.54 Å². The molecular formula is C13H23NO3. The lowest BCUT2D eigenvalue weighted by Crippen LogP contribution is -2.33. The van der Waals surface area contributed by atoms with Gasteiger partial charge in [-0.15, -0.1) is 0 Å². The number of ether oxygens (including phenoxy) is 1. The van der Waals surface area contributed by atoms with Gasteiger partial charge in [0.2, 0.25) is 5.91 Å². The number of allylic oxidation sites excluding steroid dienone is 1. The Bertz CT molecular complexity index is 295. The molecule has 0 aliphatic carbocycles. The topological polar surface area (TPSA) is 46.6 Å². The largest absolute Gasteiger partial charge is 0.468 e. The molecule has 0 N–H and O–H groups in total. The van der Waals surface area contributed by atoms with Crippen molar-refractivity contribution in [3.8, 4) is 0 Å². The quantitative estimate of drug-likeness (QED) is 0.528. The molecule has 0 aliphatic rings. The monoisotopic (exact) mass is 241 g/mol. The van der Waals surface area contributed by atoms with E-state index in [1.54, 1.807) is 7.05 Å². The minimum absolute atomic E-state index is 0.00560. The van der Waals surface area contributed by atoms with Crippen LogP contribution in [-0.4, -0.2) is 37.5 Å². The van der Waals surface area contributed by atoms with Crippen molar-refractivity contribution >= 4 is 11.9 Å². The van der Waals surface area contributed by atoms with Crippen LogP contribution < -0.4 is 0 Å². The molecule has 4 nitrogen and oxygen atoms in total. The van der Waals surface area contributed by atoms with Crippen LogP contribution in [0.1, 0.15) is 33.6 Å². The smallest absolute Gasteiger partial charge is 0.325 e. The number of methoxy groups -OCH3 is 1. The van der Waals surface area contributed by atoms with Gasteiger partial charge < -0.3 is 9.64 Å². The Balaban J connectivity index is 4.39. The number of nitrogens with zero attached hydrogens (tertiary/aromatic N) is 1. The molecule has 4 heteroatoms. The second-order valence-corrected chi connectivity index (χ2v) is 4.48. The van der Waals surface area contributed by atoms with Gasteiger partial charge in [-0.1, -0.05) is 19.9 Å². The lowest BCUT2D eigenvalue weighted by Gasteiger charge is -2.18. The number of rotatable bonds is 6. The van der Waals surface area contributed by atoms with E-state index in [0.717, 1.165) is 18.4 Å². The molecule has 1 amide bonds. The molecule has 0 aliphatic heterocycles. The number of hydrogen-bond donors (Lipinski definition) is 0. The van der Waals surface area contributed by atoms with Crippen LogP contribution in [0.3, 0.4) is 0 Å². The predicted molar refractivity (Wildman–Crippen MR) is 67.5 cm³/mol. The second kappa shape index (κ2) is 7.87. The third kappa shape index (κ3) is 6.09. The molecule has 0 unspecified atom stereocenters. The van der Waals surface area contributed by atoms with E-state index >= 15 is 0 Å². The Morgan fingerprint density at radius 2 is 1.94 bits per heavy atom. The number of likely N-dealkylation sites (N-methyl/N-ethyl adjacent to an activating group) is 1. The van der Waals surface area contributed by atoms with Crippen LogP contribution in [0.2, 0.25) is 0 Å². The van der Waals surface area contributed by atoms with Crippen LogP contribution in [0.25, 0.3) is 0 Å². The molecule has 17 heavy (non-hydrogen) atoms. The van der Waals surface area contributed by atoms with E-state index < -0.39 is 5.97 Å². The average molecular weight is 241 g/mol. The zero-order valence-corrected chi connectivity index (χ0v) is 11.4. The van der Waals surface area contributed by atoms with E-state index in [1.807, 2.05) is 13.0 Å². The zero-order chi connectivity index (χ0) is 13.4. The maximum atomic E-state index is 12.0. The van der Waals surface area contributed by atoms with Crippen LogP contribution in [0.4, 0.5) is 0 Å². The molecule has 0 saturated carbocycles. The van der Waals surface area contributed by atoms with Crippen molar-refractivity contribution in [2.75, 3.05) is 20.7 Å². The summed E-state index contributed by atoms with van der Waals surface area (Å²) in [5, 5.41) is 0. The Kier molecular flexibility index (Phi) is 7.26. The highest BCUT2D eigenvalue weighted by atomic mass is 16.5. The minimum atomic E-state index is -0.403. The first-order chi connectivity index (χ1) is 7.92. The summed E-state index contributed by atoms with van der Waals surface area (Å²) in [5.74, 6) is 0.0578. The van der Waals surface area contributed by atoms with Gasteiger partial charge >= 0.3 is 5.97 Å². The fourth-order valence-corrected chi connectivity index (χ4v) is 1.39. The highest BCUT2D eigenvalue weighted by Crippen LogP contribution is 2.13. The summed E-state index contributed by atoms with van der Waals surface area (Å²) < 4.78 is 4.53. The van der Waals surface area contributed by atoms with Gasteiger partial charge in [-0.3, -0.25) is 9.59 Å². The van der Waals surface area contributed by atoms with Crippen LogP contribution in [0.15, 0.2) is 11.6 Å². The maximum Gasteiger partial charge on any atom is 0.325 e. The molecule has 0 atom stereocenters. The van der Waals surface area contributed by atoms with E-state index in [9.17, 15) is 9.59 Å². The summed E-state index contributed by atoms with van der Waals surface area (Å²) in [6.07, 6.45) is 3.54.